The summed E-state index contributed by atoms with van der Waals surface area (Å²) in [7, 11) is -6.45. The minimum absolute atomic E-state index is 0.0610. The lowest BCUT2D eigenvalue weighted by Gasteiger charge is -2.44. The van der Waals surface area contributed by atoms with E-state index in [1.165, 1.54) is 38.2 Å². The third kappa shape index (κ3) is 11.5. The van der Waals surface area contributed by atoms with Crippen molar-refractivity contribution >= 4 is 55.4 Å². The molecule has 4 aromatic carbocycles. The van der Waals surface area contributed by atoms with Crippen molar-refractivity contribution in [1.82, 2.24) is 18.4 Å². The molecule has 64 heavy (non-hydrogen) atoms. The molecule has 0 spiro atoms. The molecule has 0 bridgehead atoms. The molecule has 2 aliphatic rings. The van der Waals surface area contributed by atoms with Gasteiger partial charge in [0.15, 0.2) is 5.78 Å². The first-order valence-corrected chi connectivity index (χ1v) is 23.8. The monoisotopic (exact) mass is 917 g/mol. The highest BCUT2D eigenvalue weighted by Gasteiger charge is 2.41. The summed E-state index contributed by atoms with van der Waals surface area (Å²) in [6.07, 6.45) is 0. The number of ether oxygens (including phenoxy) is 1. The van der Waals surface area contributed by atoms with E-state index in [-0.39, 0.29) is 87.6 Å². The van der Waals surface area contributed by atoms with Gasteiger partial charge in [0, 0.05) is 69.8 Å². The Balaban J connectivity index is 0.000000241. The fourth-order valence-electron chi connectivity index (χ4n) is 8.36. The normalized spacial score (nSPS) is 19.5. The molecule has 0 saturated carbocycles. The van der Waals surface area contributed by atoms with Gasteiger partial charge in [-0.2, -0.15) is 25.4 Å². The van der Waals surface area contributed by atoms with Crippen LogP contribution in [0.5, 0.6) is 0 Å². The lowest BCUT2D eigenvalue weighted by atomic mass is 10.1. The van der Waals surface area contributed by atoms with Crippen LogP contribution in [0.3, 0.4) is 0 Å². The minimum Gasteiger partial charge on any atom is -0.465 e. The maximum atomic E-state index is 13.8. The van der Waals surface area contributed by atoms with Gasteiger partial charge < -0.3 is 20.3 Å². The molecule has 18 heteroatoms. The molecule has 2 heterocycles. The number of amides is 2. The molecular formula is C46H59N7O9S2. The van der Waals surface area contributed by atoms with Gasteiger partial charge in [0.2, 0.25) is 11.8 Å². The van der Waals surface area contributed by atoms with Crippen molar-refractivity contribution in [3.05, 3.63) is 131 Å². The second-order valence-electron chi connectivity index (χ2n) is 16.1. The number of rotatable bonds is 13. The first-order valence-electron chi connectivity index (χ1n) is 21.0. The number of esters is 1. The molecule has 4 aromatic rings. The third-order valence-corrected chi connectivity index (χ3v) is 15.0. The van der Waals surface area contributed by atoms with Crippen molar-refractivity contribution in [2.45, 2.75) is 78.8 Å². The Morgan fingerprint density at radius 1 is 0.562 bits per heavy atom. The quantitative estimate of drug-likeness (QED) is 0.146. The molecule has 2 amide bonds. The van der Waals surface area contributed by atoms with Gasteiger partial charge in [-0.05, 0) is 75.2 Å². The van der Waals surface area contributed by atoms with Crippen LogP contribution in [-0.2, 0) is 47.8 Å². The largest absolute Gasteiger partial charge is 0.465 e. The van der Waals surface area contributed by atoms with Gasteiger partial charge in [-0.15, -0.1) is 0 Å². The average molecular weight is 918 g/mol. The Morgan fingerprint density at radius 2 is 0.891 bits per heavy atom. The van der Waals surface area contributed by atoms with Gasteiger partial charge in [0.1, 0.15) is 0 Å². The first kappa shape index (κ1) is 49.4. The molecule has 4 atom stereocenters. The summed E-state index contributed by atoms with van der Waals surface area (Å²) >= 11 is 0. The summed E-state index contributed by atoms with van der Waals surface area (Å²) in [5, 5.41) is 0. The number of nitrogens with zero attached hydrogens (tertiary/aromatic N) is 6. The van der Waals surface area contributed by atoms with Crippen molar-refractivity contribution < 1.29 is 40.8 Å². The third-order valence-electron chi connectivity index (χ3n) is 11.3. The standard InChI is InChI=1S/C23H30N4O4S.C23H29N3O5S/c1-17-14-25(15-18(2)27(17)19(3)28)32(30,31)26(22-7-5-4-6-8-22)16-20-9-11-21(12-10-20)23(29)13-24;1-17-14-24(15-18(2)26(17)19(3)27)32(29,30)25(22-8-6-5-7-9-22)16-20-10-12-21(13-11-20)23(28)31-4/h4-12,17-18H,13-16,24H2,1-3H3;5-13,17-18H,14-16H2,1-4H3/t2*17-,18+. The highest BCUT2D eigenvalue weighted by molar-refractivity contribution is 7.90. The maximum absolute atomic E-state index is 13.8. The first-order chi connectivity index (χ1) is 30.3. The van der Waals surface area contributed by atoms with E-state index >= 15 is 0 Å². The highest BCUT2D eigenvalue weighted by atomic mass is 32.2. The van der Waals surface area contributed by atoms with Crippen molar-refractivity contribution in [3.63, 3.8) is 0 Å². The number of carbonyl (C=O) groups is 4. The number of nitrogens with two attached hydrogens (primary N) is 1. The molecule has 2 aliphatic heterocycles. The van der Waals surface area contributed by atoms with Crippen molar-refractivity contribution in [2.75, 3.05) is 48.4 Å². The lowest BCUT2D eigenvalue weighted by molar-refractivity contribution is -0.136. The van der Waals surface area contributed by atoms with Crippen LogP contribution in [0.1, 0.15) is 73.4 Å². The molecule has 0 radical (unpaired) electrons. The molecular weight excluding hydrogens is 859 g/mol. The van der Waals surface area contributed by atoms with Crippen LogP contribution in [0.2, 0.25) is 0 Å². The summed E-state index contributed by atoms with van der Waals surface area (Å²) in [5.41, 5.74) is 8.87. The fourth-order valence-corrected chi connectivity index (χ4v) is 11.9. The van der Waals surface area contributed by atoms with Crippen LogP contribution in [0.15, 0.2) is 109 Å². The number of benzene rings is 4. The van der Waals surface area contributed by atoms with Crippen LogP contribution in [0.4, 0.5) is 11.4 Å². The predicted molar refractivity (Wildman–Crippen MR) is 247 cm³/mol. The van der Waals surface area contributed by atoms with Crippen molar-refractivity contribution in [3.8, 4) is 0 Å². The number of Topliss-reactive ketones (excluding diaryl/α,β-unsaturated/α-hetero) is 1. The zero-order chi connectivity index (χ0) is 46.9. The summed E-state index contributed by atoms with van der Waals surface area (Å²) in [5.74, 6) is -0.743. The van der Waals surface area contributed by atoms with Crippen molar-refractivity contribution in [1.29, 1.82) is 0 Å². The Hall–Kier alpha value is -5.66. The Labute approximate surface area is 377 Å². The van der Waals surface area contributed by atoms with Crippen LogP contribution in [0.25, 0.3) is 0 Å². The molecule has 0 aromatic heterocycles. The number of para-hydroxylation sites is 2. The molecule has 0 unspecified atom stereocenters. The van der Waals surface area contributed by atoms with E-state index in [0.717, 1.165) is 11.1 Å². The number of methoxy groups -OCH3 is 1. The zero-order valence-corrected chi connectivity index (χ0v) is 39.0. The van der Waals surface area contributed by atoms with Crippen LogP contribution >= 0.6 is 0 Å². The number of anilines is 2. The zero-order valence-electron chi connectivity index (χ0n) is 37.4. The van der Waals surface area contributed by atoms with Gasteiger partial charge in [-0.1, -0.05) is 72.8 Å². The Bertz CT molecular complexity index is 2260. The van der Waals surface area contributed by atoms with Crippen molar-refractivity contribution in [2.24, 2.45) is 5.73 Å². The fraction of sp³-hybridized carbons (Fsp3) is 0.391. The van der Waals surface area contributed by atoms with E-state index in [0.29, 0.717) is 22.5 Å². The van der Waals surface area contributed by atoms with Gasteiger partial charge in [-0.25, -0.2) is 4.79 Å². The highest BCUT2D eigenvalue weighted by Crippen LogP contribution is 2.29. The number of carbonyl (C=O) groups excluding carboxylic acids is 4. The molecule has 2 N–H and O–H groups in total. The Kier molecular flexibility index (Phi) is 16.5. The van der Waals surface area contributed by atoms with E-state index < -0.39 is 26.4 Å². The summed E-state index contributed by atoms with van der Waals surface area (Å²) < 4.78 is 65.4. The summed E-state index contributed by atoms with van der Waals surface area (Å²) in [6.45, 7) is 11.5. The second-order valence-corrected chi connectivity index (χ2v) is 19.8. The van der Waals surface area contributed by atoms with E-state index in [2.05, 4.69) is 0 Å². The SMILES string of the molecule is CC(=O)N1[C@H](C)CN(S(=O)(=O)N(Cc2ccc(C(=O)CN)cc2)c2ccccc2)C[C@@H]1C.COC(=O)c1ccc(CN(c2ccccc2)S(=O)(=O)N2C[C@@H](C)N(C(C)=O)[C@@H](C)C2)cc1. The smallest absolute Gasteiger partial charge is 0.337 e. The molecule has 0 aliphatic carbocycles. The van der Waals surface area contributed by atoms with Gasteiger partial charge in [0.05, 0.1) is 43.7 Å². The summed E-state index contributed by atoms with van der Waals surface area (Å²) in [6, 6.07) is 30.4. The molecule has 344 valence electrons. The molecule has 2 saturated heterocycles. The predicted octanol–water partition coefficient (Wildman–Crippen LogP) is 4.69. The topological polar surface area (TPSA) is 191 Å². The van der Waals surface area contributed by atoms with E-state index in [9.17, 15) is 36.0 Å². The van der Waals surface area contributed by atoms with Crippen LogP contribution < -0.4 is 14.3 Å². The molecule has 6 rings (SSSR count). The van der Waals surface area contributed by atoms with E-state index in [4.69, 9.17) is 10.5 Å². The van der Waals surface area contributed by atoms with Crippen LogP contribution in [0, 0.1) is 0 Å². The minimum atomic E-state index is -3.88. The second kappa shape index (κ2) is 21.3. The number of piperazine rings is 2. The lowest BCUT2D eigenvalue weighted by Crippen LogP contribution is -2.61. The average Bonchev–Trinajstić information content (AvgIpc) is 3.27. The van der Waals surface area contributed by atoms with E-state index in [1.54, 1.807) is 107 Å². The number of ketones is 1. The van der Waals surface area contributed by atoms with Gasteiger partial charge in [-0.3, -0.25) is 23.0 Å². The molecule has 2 fully saturated rings. The summed E-state index contributed by atoms with van der Waals surface area (Å²) in [4.78, 5) is 50.9. The van der Waals surface area contributed by atoms with Gasteiger partial charge >= 0.3 is 26.4 Å². The van der Waals surface area contributed by atoms with E-state index in [1.807, 2.05) is 39.8 Å². The Morgan fingerprint density at radius 3 is 1.19 bits per heavy atom. The number of hydrogen-bond acceptors (Lipinski definition) is 10. The van der Waals surface area contributed by atoms with Crippen LogP contribution in [-0.4, -0.2) is 123 Å². The number of hydrogen-bond donors (Lipinski definition) is 1. The maximum Gasteiger partial charge on any atom is 0.337 e. The van der Waals surface area contributed by atoms with Gasteiger partial charge in [0.25, 0.3) is 0 Å². The molecule has 16 nitrogen and oxygen atoms in total.